The Kier molecular flexibility index (Phi) is 4.11. The van der Waals surface area contributed by atoms with Crippen molar-refractivity contribution in [1.82, 2.24) is 0 Å². The average molecular weight is 220 g/mol. The highest BCUT2D eigenvalue weighted by atomic mass is 16.5. The molecule has 0 aliphatic heterocycles. The molecule has 3 nitrogen and oxygen atoms in total. The third kappa shape index (κ3) is 2.42. The van der Waals surface area contributed by atoms with Crippen LogP contribution in [0.2, 0.25) is 0 Å². The van der Waals surface area contributed by atoms with E-state index in [1.165, 1.54) is 6.07 Å². The second kappa shape index (κ2) is 5.35. The predicted molar refractivity (Wildman–Crippen MR) is 65.1 cm³/mol. The molecule has 1 aromatic heterocycles. The zero-order chi connectivity index (χ0) is 12.1. The lowest BCUT2D eigenvalue weighted by molar-refractivity contribution is 0.415. The van der Waals surface area contributed by atoms with Gasteiger partial charge in [0.2, 0.25) is 0 Å². The Balaban J connectivity index is 0.000000606. The molecular weight excluding hydrogens is 204 g/mol. The van der Waals surface area contributed by atoms with Crippen LogP contribution in [0.25, 0.3) is 11.0 Å². The number of ether oxygens (including phenoxy) is 1. The van der Waals surface area contributed by atoms with E-state index in [9.17, 15) is 4.79 Å². The first-order valence-corrected chi connectivity index (χ1v) is 5.29. The number of aryl methyl sites for hydroxylation is 1. The second-order valence-electron chi connectivity index (χ2n) is 3.11. The van der Waals surface area contributed by atoms with E-state index in [2.05, 4.69) is 0 Å². The molecule has 16 heavy (non-hydrogen) atoms. The maximum atomic E-state index is 11.1. The molecule has 3 heteroatoms. The van der Waals surface area contributed by atoms with E-state index in [1.807, 2.05) is 26.8 Å². The molecule has 0 unspecified atom stereocenters. The van der Waals surface area contributed by atoms with Gasteiger partial charge in [-0.1, -0.05) is 13.8 Å². The highest BCUT2D eigenvalue weighted by Gasteiger charge is 2.02. The molecule has 0 radical (unpaired) electrons. The van der Waals surface area contributed by atoms with E-state index in [0.29, 0.717) is 5.58 Å². The summed E-state index contributed by atoms with van der Waals surface area (Å²) < 4.78 is 10.1. The minimum absolute atomic E-state index is 0.319. The molecule has 0 saturated carbocycles. The van der Waals surface area contributed by atoms with Crippen LogP contribution in [0.5, 0.6) is 5.75 Å². The molecule has 1 aromatic carbocycles. The van der Waals surface area contributed by atoms with Crippen LogP contribution in [0.1, 0.15) is 19.4 Å². The van der Waals surface area contributed by atoms with E-state index < -0.39 is 0 Å². The minimum Gasteiger partial charge on any atom is -0.497 e. The van der Waals surface area contributed by atoms with Gasteiger partial charge in [-0.2, -0.15) is 0 Å². The van der Waals surface area contributed by atoms with Crippen LogP contribution in [-0.2, 0) is 0 Å². The van der Waals surface area contributed by atoms with Gasteiger partial charge in [0.25, 0.3) is 0 Å². The van der Waals surface area contributed by atoms with Crippen molar-refractivity contribution in [3.63, 3.8) is 0 Å². The first-order valence-electron chi connectivity index (χ1n) is 5.29. The quantitative estimate of drug-likeness (QED) is 0.693. The zero-order valence-corrected chi connectivity index (χ0v) is 10.0. The lowest BCUT2D eigenvalue weighted by Gasteiger charge is -2.02. The third-order valence-corrected chi connectivity index (χ3v) is 2.16. The third-order valence-electron chi connectivity index (χ3n) is 2.16. The lowest BCUT2D eigenvalue weighted by atomic mass is 10.1. The van der Waals surface area contributed by atoms with Gasteiger partial charge >= 0.3 is 5.63 Å². The molecule has 0 aliphatic rings. The number of rotatable bonds is 1. The number of benzene rings is 1. The SMILES string of the molecule is CC.COc1ccc2oc(=O)cc(C)c2c1. The Morgan fingerprint density at radius 1 is 1.19 bits per heavy atom. The van der Waals surface area contributed by atoms with E-state index in [0.717, 1.165) is 16.7 Å². The van der Waals surface area contributed by atoms with Gasteiger partial charge in [-0.3, -0.25) is 0 Å². The number of methoxy groups -OCH3 is 1. The molecule has 86 valence electrons. The minimum atomic E-state index is -0.319. The van der Waals surface area contributed by atoms with Crippen molar-refractivity contribution in [1.29, 1.82) is 0 Å². The van der Waals surface area contributed by atoms with Gasteiger partial charge in [-0.05, 0) is 30.7 Å². The van der Waals surface area contributed by atoms with Gasteiger partial charge in [0.05, 0.1) is 7.11 Å². The van der Waals surface area contributed by atoms with Crippen LogP contribution in [-0.4, -0.2) is 7.11 Å². The van der Waals surface area contributed by atoms with Crippen molar-refractivity contribution < 1.29 is 9.15 Å². The molecule has 0 aliphatic carbocycles. The number of fused-ring (bicyclic) bond motifs is 1. The fraction of sp³-hybridized carbons (Fsp3) is 0.308. The van der Waals surface area contributed by atoms with E-state index in [1.54, 1.807) is 19.2 Å². The summed E-state index contributed by atoms with van der Waals surface area (Å²) in [6.07, 6.45) is 0. The van der Waals surface area contributed by atoms with Crippen molar-refractivity contribution in [2.45, 2.75) is 20.8 Å². The maximum absolute atomic E-state index is 11.1. The summed E-state index contributed by atoms with van der Waals surface area (Å²) in [6, 6.07) is 6.84. The summed E-state index contributed by atoms with van der Waals surface area (Å²) in [5.74, 6) is 0.759. The van der Waals surface area contributed by atoms with Gasteiger partial charge in [0.15, 0.2) is 0 Å². The monoisotopic (exact) mass is 220 g/mol. The van der Waals surface area contributed by atoms with Crippen molar-refractivity contribution in [2.24, 2.45) is 0 Å². The molecule has 0 spiro atoms. The van der Waals surface area contributed by atoms with Crippen LogP contribution < -0.4 is 10.4 Å². The van der Waals surface area contributed by atoms with Crippen LogP contribution in [0.4, 0.5) is 0 Å². The van der Waals surface area contributed by atoms with Crippen molar-refractivity contribution in [3.05, 3.63) is 40.2 Å². The van der Waals surface area contributed by atoms with Gasteiger partial charge in [-0.15, -0.1) is 0 Å². The molecular formula is C13H16O3. The second-order valence-corrected chi connectivity index (χ2v) is 3.11. The van der Waals surface area contributed by atoms with E-state index in [4.69, 9.17) is 9.15 Å². The van der Waals surface area contributed by atoms with Crippen LogP contribution >= 0.6 is 0 Å². The van der Waals surface area contributed by atoms with Crippen LogP contribution in [0.15, 0.2) is 33.5 Å². The Morgan fingerprint density at radius 3 is 2.50 bits per heavy atom. The van der Waals surface area contributed by atoms with E-state index >= 15 is 0 Å². The topological polar surface area (TPSA) is 39.4 Å². The summed E-state index contributed by atoms with van der Waals surface area (Å²) in [5.41, 5.74) is 1.17. The Bertz CT molecular complexity index is 526. The summed E-state index contributed by atoms with van der Waals surface area (Å²) in [7, 11) is 1.61. The summed E-state index contributed by atoms with van der Waals surface area (Å²) in [6.45, 7) is 5.87. The van der Waals surface area contributed by atoms with Gasteiger partial charge in [-0.25, -0.2) is 4.79 Å². The Morgan fingerprint density at radius 2 is 1.88 bits per heavy atom. The normalized spacial score (nSPS) is 9.50. The van der Waals surface area contributed by atoms with Gasteiger partial charge < -0.3 is 9.15 Å². The van der Waals surface area contributed by atoms with Crippen LogP contribution in [0, 0.1) is 6.92 Å². The van der Waals surface area contributed by atoms with Crippen LogP contribution in [0.3, 0.4) is 0 Å². The Hall–Kier alpha value is -1.77. The fourth-order valence-electron chi connectivity index (χ4n) is 1.43. The van der Waals surface area contributed by atoms with Gasteiger partial charge in [0.1, 0.15) is 11.3 Å². The van der Waals surface area contributed by atoms with Gasteiger partial charge in [0, 0.05) is 11.5 Å². The smallest absolute Gasteiger partial charge is 0.336 e. The average Bonchev–Trinajstić information content (AvgIpc) is 2.31. The van der Waals surface area contributed by atoms with Crippen molar-refractivity contribution in [2.75, 3.05) is 7.11 Å². The maximum Gasteiger partial charge on any atom is 0.336 e. The lowest BCUT2D eigenvalue weighted by Crippen LogP contribution is -1.97. The molecule has 0 fully saturated rings. The molecule has 0 amide bonds. The zero-order valence-electron chi connectivity index (χ0n) is 10.0. The summed E-state index contributed by atoms with van der Waals surface area (Å²) in [5, 5.41) is 0.906. The molecule has 0 atom stereocenters. The first kappa shape index (κ1) is 12.3. The predicted octanol–water partition coefficient (Wildman–Crippen LogP) is 3.14. The molecule has 0 saturated heterocycles. The van der Waals surface area contributed by atoms with E-state index in [-0.39, 0.29) is 5.63 Å². The Labute approximate surface area is 94.7 Å². The standard InChI is InChI=1S/C11H10O3.C2H6/c1-7-5-11(12)14-10-4-3-8(13-2)6-9(7)10;1-2/h3-6H,1-2H3;1-2H3. The van der Waals surface area contributed by atoms with Crippen molar-refractivity contribution in [3.8, 4) is 5.75 Å². The molecule has 2 rings (SSSR count). The number of hydrogen-bond donors (Lipinski definition) is 0. The first-order chi connectivity index (χ1) is 7.70. The molecule has 2 aromatic rings. The molecule has 0 bridgehead atoms. The summed E-state index contributed by atoms with van der Waals surface area (Å²) >= 11 is 0. The molecule has 0 N–H and O–H groups in total. The highest BCUT2D eigenvalue weighted by Crippen LogP contribution is 2.21. The van der Waals surface area contributed by atoms with Crippen molar-refractivity contribution >= 4 is 11.0 Å². The fourth-order valence-corrected chi connectivity index (χ4v) is 1.43. The number of hydrogen-bond acceptors (Lipinski definition) is 3. The molecule has 1 heterocycles. The largest absolute Gasteiger partial charge is 0.497 e. The summed E-state index contributed by atoms with van der Waals surface area (Å²) in [4.78, 5) is 11.1. The highest BCUT2D eigenvalue weighted by molar-refractivity contribution is 5.81.